The summed E-state index contributed by atoms with van der Waals surface area (Å²) in [7, 11) is 0. The molecule has 4 nitrogen and oxygen atoms in total. The smallest absolute Gasteiger partial charge is 0.167 e. The Morgan fingerprint density at radius 2 is 0.721 bits per heavy atom. The van der Waals surface area contributed by atoms with Crippen molar-refractivity contribution in [1.29, 1.82) is 0 Å². The SMILES string of the molecule is c1ccc2c(c1)ccc1cc(-c3nc(-c4ccc5c(ccc6ccccc65)c4)nc(-c4ccc(-c5cc6ccccc6c6ccccc56)c5c4oc4ccccc45)n3)ccc12. The average Bonchev–Trinajstić information content (AvgIpc) is 3.73. The molecule has 0 aliphatic carbocycles. The molecule has 0 aliphatic heterocycles. The van der Waals surface area contributed by atoms with Crippen molar-refractivity contribution in [3.63, 3.8) is 0 Å². The predicted octanol–water partition coefficient (Wildman–Crippen LogP) is 15.4. The van der Waals surface area contributed by atoms with E-state index in [0.717, 1.165) is 60.5 Å². The molecule has 4 heteroatoms. The fraction of sp³-hybridized carbons (Fsp3) is 0. The van der Waals surface area contributed by atoms with Gasteiger partial charge in [0.1, 0.15) is 11.2 Å². The summed E-state index contributed by atoms with van der Waals surface area (Å²) in [6.07, 6.45) is 0. The number of fused-ring (bicyclic) bond motifs is 12. The number of benzene rings is 11. The van der Waals surface area contributed by atoms with E-state index in [2.05, 4.69) is 188 Å². The normalized spacial score (nSPS) is 11.9. The first-order valence-corrected chi connectivity index (χ1v) is 20.7. The number of nitrogens with zero attached hydrogens (tertiary/aromatic N) is 3. The zero-order valence-electron chi connectivity index (χ0n) is 32.8. The van der Waals surface area contributed by atoms with Gasteiger partial charge in [0.05, 0.1) is 5.56 Å². The van der Waals surface area contributed by atoms with Crippen molar-refractivity contribution in [2.75, 3.05) is 0 Å². The molecule has 11 aromatic carbocycles. The Morgan fingerprint density at radius 3 is 1.36 bits per heavy atom. The Bertz CT molecular complexity index is 3820. The monoisotopic (exact) mass is 775 g/mol. The van der Waals surface area contributed by atoms with Crippen LogP contribution in [0.5, 0.6) is 0 Å². The minimum atomic E-state index is 0.552. The molecule has 0 radical (unpaired) electrons. The highest BCUT2D eigenvalue weighted by molar-refractivity contribution is 6.21. The van der Waals surface area contributed by atoms with Gasteiger partial charge in [-0.15, -0.1) is 0 Å². The number of furan rings is 1. The van der Waals surface area contributed by atoms with Crippen LogP contribution in [0.15, 0.2) is 205 Å². The second-order valence-corrected chi connectivity index (χ2v) is 15.9. The summed E-state index contributed by atoms with van der Waals surface area (Å²) in [5.74, 6) is 1.75. The zero-order valence-corrected chi connectivity index (χ0v) is 32.8. The Labute approximate surface area is 350 Å². The second-order valence-electron chi connectivity index (χ2n) is 15.9. The topological polar surface area (TPSA) is 51.8 Å². The van der Waals surface area contributed by atoms with Crippen LogP contribution >= 0.6 is 0 Å². The van der Waals surface area contributed by atoms with E-state index in [1.54, 1.807) is 0 Å². The zero-order chi connectivity index (χ0) is 40.0. The molecule has 0 atom stereocenters. The molecule has 0 amide bonds. The third-order valence-electron chi connectivity index (χ3n) is 12.5. The third-order valence-corrected chi connectivity index (χ3v) is 12.5. The molecule has 61 heavy (non-hydrogen) atoms. The van der Waals surface area contributed by atoms with E-state index >= 15 is 0 Å². The summed E-state index contributed by atoms with van der Waals surface area (Å²) >= 11 is 0. The van der Waals surface area contributed by atoms with Crippen LogP contribution in [0.4, 0.5) is 0 Å². The van der Waals surface area contributed by atoms with Gasteiger partial charge in [-0.3, -0.25) is 0 Å². The molecule has 13 rings (SSSR count). The van der Waals surface area contributed by atoms with E-state index in [9.17, 15) is 0 Å². The van der Waals surface area contributed by atoms with Gasteiger partial charge < -0.3 is 4.42 Å². The fourth-order valence-electron chi connectivity index (χ4n) is 9.56. The highest BCUT2D eigenvalue weighted by Gasteiger charge is 2.22. The molecular formula is C57H33N3O. The van der Waals surface area contributed by atoms with Crippen LogP contribution in [-0.2, 0) is 0 Å². The standard InChI is InChI=1S/C57H33N3O/c1-4-14-41-34(11-1)21-23-37-31-39(25-27-44(37)41)55-58-56(40-26-28-45-38(32-40)24-22-35-12-2-5-15-42(35)45)60-57(59-55)50-30-29-48(53-49-19-9-10-20-52(49)61-54(50)53)51-33-36-13-3-6-16-43(36)46-17-7-8-18-47(46)51/h1-33H. The molecule has 2 aromatic heterocycles. The van der Waals surface area contributed by atoms with Gasteiger partial charge in [-0.2, -0.15) is 0 Å². The van der Waals surface area contributed by atoms with Crippen LogP contribution in [0, 0.1) is 0 Å². The van der Waals surface area contributed by atoms with Crippen LogP contribution < -0.4 is 0 Å². The molecule has 0 bridgehead atoms. The quantitative estimate of drug-likeness (QED) is 0.167. The molecule has 0 aliphatic rings. The van der Waals surface area contributed by atoms with Crippen molar-refractivity contribution in [3.8, 4) is 45.3 Å². The molecular weight excluding hydrogens is 743 g/mol. The van der Waals surface area contributed by atoms with Gasteiger partial charge in [-0.05, 0) is 106 Å². The Hall–Kier alpha value is -8.21. The van der Waals surface area contributed by atoms with Gasteiger partial charge in [0.2, 0.25) is 0 Å². The maximum atomic E-state index is 6.89. The fourth-order valence-corrected chi connectivity index (χ4v) is 9.56. The van der Waals surface area contributed by atoms with Gasteiger partial charge in [0.15, 0.2) is 17.5 Å². The summed E-state index contributed by atoms with van der Waals surface area (Å²) in [6, 6.07) is 71.1. The first-order chi connectivity index (χ1) is 30.2. The van der Waals surface area contributed by atoms with Gasteiger partial charge in [0.25, 0.3) is 0 Å². The Kier molecular flexibility index (Phi) is 7.27. The van der Waals surface area contributed by atoms with Crippen LogP contribution in [0.25, 0.3) is 132 Å². The third kappa shape index (κ3) is 5.29. The molecule has 0 unspecified atom stereocenters. The lowest BCUT2D eigenvalue weighted by molar-refractivity contribution is 0.669. The van der Waals surface area contributed by atoms with Crippen molar-refractivity contribution in [1.82, 2.24) is 15.0 Å². The first-order valence-electron chi connectivity index (χ1n) is 20.7. The van der Waals surface area contributed by atoms with Gasteiger partial charge in [-0.1, -0.05) is 170 Å². The summed E-state index contributed by atoms with van der Waals surface area (Å²) in [6.45, 7) is 0. The molecule has 0 saturated heterocycles. The van der Waals surface area contributed by atoms with Crippen molar-refractivity contribution in [2.45, 2.75) is 0 Å². The largest absolute Gasteiger partial charge is 0.455 e. The maximum Gasteiger partial charge on any atom is 0.167 e. The lowest BCUT2D eigenvalue weighted by Crippen LogP contribution is -2.01. The summed E-state index contributed by atoms with van der Waals surface area (Å²) in [5, 5.41) is 16.4. The van der Waals surface area contributed by atoms with Crippen molar-refractivity contribution >= 4 is 86.6 Å². The molecule has 13 aromatic rings. The van der Waals surface area contributed by atoms with E-state index in [1.165, 1.54) is 53.9 Å². The number of rotatable bonds is 4. The van der Waals surface area contributed by atoms with Gasteiger partial charge in [-0.25, -0.2) is 15.0 Å². The van der Waals surface area contributed by atoms with E-state index < -0.39 is 0 Å². The van der Waals surface area contributed by atoms with E-state index in [4.69, 9.17) is 19.4 Å². The number of hydrogen-bond acceptors (Lipinski definition) is 4. The molecule has 0 spiro atoms. The second kappa shape index (κ2) is 13.2. The van der Waals surface area contributed by atoms with Crippen LogP contribution in [0.1, 0.15) is 0 Å². The van der Waals surface area contributed by atoms with E-state index in [0.29, 0.717) is 17.5 Å². The van der Waals surface area contributed by atoms with Gasteiger partial charge in [0, 0.05) is 21.9 Å². The number of hydrogen-bond donors (Lipinski definition) is 0. The lowest BCUT2D eigenvalue weighted by Gasteiger charge is -2.14. The summed E-state index contributed by atoms with van der Waals surface area (Å²) in [4.78, 5) is 15.8. The highest BCUT2D eigenvalue weighted by atomic mass is 16.3. The molecule has 0 fully saturated rings. The molecule has 0 saturated carbocycles. The minimum absolute atomic E-state index is 0.552. The van der Waals surface area contributed by atoms with Gasteiger partial charge >= 0.3 is 0 Å². The number of para-hydroxylation sites is 1. The molecule has 282 valence electrons. The minimum Gasteiger partial charge on any atom is -0.455 e. The van der Waals surface area contributed by atoms with Crippen molar-refractivity contribution in [2.24, 2.45) is 0 Å². The van der Waals surface area contributed by atoms with Crippen molar-refractivity contribution in [3.05, 3.63) is 200 Å². The molecule has 0 N–H and O–H groups in total. The van der Waals surface area contributed by atoms with E-state index in [1.807, 2.05) is 12.1 Å². The maximum absolute atomic E-state index is 6.89. The number of aromatic nitrogens is 3. The summed E-state index contributed by atoms with van der Waals surface area (Å²) < 4.78 is 6.89. The lowest BCUT2D eigenvalue weighted by atomic mass is 9.90. The predicted molar refractivity (Wildman–Crippen MR) is 254 cm³/mol. The van der Waals surface area contributed by atoms with Crippen LogP contribution in [-0.4, -0.2) is 15.0 Å². The summed E-state index contributed by atoms with van der Waals surface area (Å²) in [5.41, 5.74) is 6.46. The van der Waals surface area contributed by atoms with Crippen LogP contribution in [0.2, 0.25) is 0 Å². The van der Waals surface area contributed by atoms with Crippen LogP contribution in [0.3, 0.4) is 0 Å². The van der Waals surface area contributed by atoms with Crippen molar-refractivity contribution < 1.29 is 4.42 Å². The van der Waals surface area contributed by atoms with E-state index in [-0.39, 0.29) is 0 Å². The molecule has 2 heterocycles. The first kappa shape index (κ1) is 33.7. The highest BCUT2D eigenvalue weighted by Crippen LogP contribution is 2.45. The Morgan fingerprint density at radius 1 is 0.279 bits per heavy atom. The Balaban J connectivity index is 1.07. The average molecular weight is 776 g/mol.